The van der Waals surface area contributed by atoms with Gasteiger partial charge in [-0.05, 0) is 31.4 Å². The summed E-state index contributed by atoms with van der Waals surface area (Å²) in [7, 11) is 0. The number of amides is 2. The van der Waals surface area contributed by atoms with Crippen LogP contribution in [0.15, 0.2) is 16.5 Å². The minimum atomic E-state index is -0.498. The van der Waals surface area contributed by atoms with E-state index in [1.807, 2.05) is 46.8 Å². The van der Waals surface area contributed by atoms with Crippen LogP contribution in [0, 0.1) is 12.3 Å². The lowest BCUT2D eigenvalue weighted by molar-refractivity contribution is -0.150. The highest BCUT2D eigenvalue weighted by atomic mass is 16.3. The fourth-order valence-corrected chi connectivity index (χ4v) is 2.41. The summed E-state index contributed by atoms with van der Waals surface area (Å²) in [6.07, 6.45) is 0. The van der Waals surface area contributed by atoms with Crippen LogP contribution in [0.3, 0.4) is 0 Å². The number of nitrogens with one attached hydrogen (secondary N) is 1. The molecule has 5 heteroatoms. The van der Waals surface area contributed by atoms with Gasteiger partial charge in [-0.25, -0.2) is 0 Å². The number of carbonyl (C=O) groups excluding carboxylic acids is 2. The molecule has 0 aliphatic carbocycles. The second-order valence-corrected chi connectivity index (χ2v) is 6.46. The molecule has 2 atom stereocenters. The van der Waals surface area contributed by atoms with Gasteiger partial charge < -0.3 is 14.6 Å². The van der Waals surface area contributed by atoms with Crippen molar-refractivity contribution in [3.8, 4) is 0 Å². The van der Waals surface area contributed by atoms with Crippen molar-refractivity contribution in [1.29, 1.82) is 0 Å². The third-order valence-electron chi connectivity index (χ3n) is 3.66. The first-order valence-electron chi connectivity index (χ1n) is 6.86. The number of aryl methyl sites for hydroxylation is 1. The molecule has 1 aromatic rings. The van der Waals surface area contributed by atoms with Crippen LogP contribution >= 0.6 is 0 Å². The maximum Gasteiger partial charge on any atom is 0.246 e. The highest BCUT2D eigenvalue weighted by Crippen LogP contribution is 2.29. The quantitative estimate of drug-likeness (QED) is 0.900. The molecule has 1 fully saturated rings. The molecule has 1 aliphatic heterocycles. The molecule has 1 saturated heterocycles. The third kappa shape index (κ3) is 2.71. The largest absolute Gasteiger partial charge is 0.464 e. The number of carbonyl (C=O) groups is 2. The molecular weight excluding hydrogens is 256 g/mol. The van der Waals surface area contributed by atoms with Crippen molar-refractivity contribution in [2.45, 2.75) is 46.7 Å². The van der Waals surface area contributed by atoms with E-state index in [2.05, 4.69) is 5.32 Å². The molecule has 1 N–H and O–H groups in total. The summed E-state index contributed by atoms with van der Waals surface area (Å²) in [4.78, 5) is 26.1. The van der Waals surface area contributed by atoms with Gasteiger partial charge in [-0.15, -0.1) is 0 Å². The summed E-state index contributed by atoms with van der Waals surface area (Å²) < 4.78 is 5.58. The SMILES string of the molecule is Cc1ccc(C(C)N2CC(=O)NC(C(C)(C)C)C2=O)o1. The molecule has 5 nitrogen and oxygen atoms in total. The molecule has 2 heterocycles. The average Bonchev–Trinajstić information content (AvgIpc) is 2.76. The minimum Gasteiger partial charge on any atom is -0.464 e. The molecule has 2 unspecified atom stereocenters. The molecule has 0 bridgehead atoms. The molecular formula is C15H22N2O3. The minimum absolute atomic E-state index is 0.0568. The van der Waals surface area contributed by atoms with Gasteiger partial charge in [-0.3, -0.25) is 9.59 Å². The summed E-state index contributed by atoms with van der Waals surface area (Å²) in [6.45, 7) is 9.66. The van der Waals surface area contributed by atoms with E-state index in [0.29, 0.717) is 5.76 Å². The van der Waals surface area contributed by atoms with Crippen LogP contribution in [0.2, 0.25) is 0 Å². The second-order valence-electron chi connectivity index (χ2n) is 6.46. The van der Waals surface area contributed by atoms with Crippen molar-refractivity contribution in [1.82, 2.24) is 10.2 Å². The zero-order valence-corrected chi connectivity index (χ0v) is 12.7. The molecule has 0 saturated carbocycles. The van der Waals surface area contributed by atoms with Crippen molar-refractivity contribution in [2.24, 2.45) is 5.41 Å². The maximum absolute atomic E-state index is 12.6. The fourth-order valence-electron chi connectivity index (χ4n) is 2.41. The second kappa shape index (κ2) is 4.96. The maximum atomic E-state index is 12.6. The van der Waals surface area contributed by atoms with Gasteiger partial charge in [0, 0.05) is 0 Å². The molecule has 20 heavy (non-hydrogen) atoms. The van der Waals surface area contributed by atoms with Crippen molar-refractivity contribution in [3.05, 3.63) is 23.7 Å². The Morgan fingerprint density at radius 3 is 2.50 bits per heavy atom. The van der Waals surface area contributed by atoms with E-state index in [0.717, 1.165) is 5.76 Å². The first kappa shape index (κ1) is 14.6. The van der Waals surface area contributed by atoms with Gasteiger partial charge in [0.1, 0.15) is 24.1 Å². The monoisotopic (exact) mass is 278 g/mol. The van der Waals surface area contributed by atoms with E-state index in [1.165, 1.54) is 0 Å². The van der Waals surface area contributed by atoms with Crippen LogP contribution < -0.4 is 5.32 Å². The van der Waals surface area contributed by atoms with E-state index in [4.69, 9.17) is 4.42 Å². The summed E-state index contributed by atoms with van der Waals surface area (Å²) in [5, 5.41) is 2.79. The third-order valence-corrected chi connectivity index (χ3v) is 3.66. The Morgan fingerprint density at radius 2 is 2.00 bits per heavy atom. The molecule has 1 aromatic heterocycles. The van der Waals surface area contributed by atoms with E-state index < -0.39 is 6.04 Å². The Balaban J connectivity index is 2.26. The number of piperazine rings is 1. The normalized spacial score (nSPS) is 21.9. The highest BCUT2D eigenvalue weighted by Gasteiger charge is 2.42. The van der Waals surface area contributed by atoms with Crippen LogP contribution in [0.4, 0.5) is 0 Å². The van der Waals surface area contributed by atoms with Crippen LogP contribution in [-0.4, -0.2) is 29.3 Å². The number of furan rings is 1. The van der Waals surface area contributed by atoms with Crippen molar-refractivity contribution in [2.75, 3.05) is 6.54 Å². The van der Waals surface area contributed by atoms with Crippen molar-refractivity contribution >= 4 is 11.8 Å². The lowest BCUT2D eigenvalue weighted by Gasteiger charge is -2.40. The summed E-state index contributed by atoms with van der Waals surface area (Å²) >= 11 is 0. The van der Waals surface area contributed by atoms with Gasteiger partial charge in [0.15, 0.2) is 0 Å². The zero-order chi connectivity index (χ0) is 15.1. The zero-order valence-electron chi connectivity index (χ0n) is 12.7. The van der Waals surface area contributed by atoms with E-state index in [9.17, 15) is 9.59 Å². The van der Waals surface area contributed by atoms with Crippen LogP contribution in [0.1, 0.15) is 45.3 Å². The highest BCUT2D eigenvalue weighted by molar-refractivity contribution is 5.95. The predicted octanol–water partition coefficient (Wildman–Crippen LogP) is 2.02. The lowest BCUT2D eigenvalue weighted by atomic mass is 9.84. The Labute approximate surface area is 119 Å². The molecule has 1 aliphatic rings. The topological polar surface area (TPSA) is 62.6 Å². The summed E-state index contributed by atoms with van der Waals surface area (Å²) in [5.74, 6) is 1.32. The van der Waals surface area contributed by atoms with Crippen LogP contribution in [0.25, 0.3) is 0 Å². The Morgan fingerprint density at radius 1 is 1.35 bits per heavy atom. The summed E-state index contributed by atoms with van der Waals surface area (Å²) in [6, 6.07) is 2.97. The van der Waals surface area contributed by atoms with Crippen molar-refractivity contribution in [3.63, 3.8) is 0 Å². The molecule has 0 spiro atoms. The number of hydrogen-bond acceptors (Lipinski definition) is 3. The van der Waals surface area contributed by atoms with Crippen molar-refractivity contribution < 1.29 is 14.0 Å². The van der Waals surface area contributed by atoms with E-state index in [1.54, 1.807) is 4.90 Å². The fraction of sp³-hybridized carbons (Fsp3) is 0.600. The first-order valence-corrected chi connectivity index (χ1v) is 6.86. The molecule has 110 valence electrons. The lowest BCUT2D eigenvalue weighted by Crippen LogP contribution is -2.62. The van der Waals surface area contributed by atoms with Gasteiger partial charge in [-0.2, -0.15) is 0 Å². The summed E-state index contributed by atoms with van der Waals surface area (Å²) in [5.41, 5.74) is -0.315. The van der Waals surface area contributed by atoms with E-state index >= 15 is 0 Å². The van der Waals surface area contributed by atoms with E-state index in [-0.39, 0.29) is 29.8 Å². The van der Waals surface area contributed by atoms with Gasteiger partial charge >= 0.3 is 0 Å². The standard InChI is InChI=1S/C15H22N2O3/c1-9-6-7-11(20-9)10(2)17-8-12(18)16-13(14(17)19)15(3,4)5/h6-7,10,13H,8H2,1-5H3,(H,16,18). The Bertz CT molecular complexity index is 527. The Hall–Kier alpha value is -1.78. The van der Waals surface area contributed by atoms with Gasteiger partial charge in [0.2, 0.25) is 11.8 Å². The molecule has 0 aromatic carbocycles. The van der Waals surface area contributed by atoms with Crippen LogP contribution in [-0.2, 0) is 9.59 Å². The van der Waals surface area contributed by atoms with Gasteiger partial charge in [0.25, 0.3) is 0 Å². The Kier molecular flexibility index (Phi) is 3.63. The van der Waals surface area contributed by atoms with Crippen LogP contribution in [0.5, 0.6) is 0 Å². The van der Waals surface area contributed by atoms with Gasteiger partial charge in [0.05, 0.1) is 6.04 Å². The molecule has 0 radical (unpaired) electrons. The molecule has 2 rings (SSSR count). The molecule has 2 amide bonds. The number of nitrogens with zero attached hydrogens (tertiary/aromatic N) is 1. The number of hydrogen-bond donors (Lipinski definition) is 1. The van der Waals surface area contributed by atoms with Gasteiger partial charge in [-0.1, -0.05) is 20.8 Å². The number of rotatable bonds is 2. The smallest absolute Gasteiger partial charge is 0.246 e. The average molecular weight is 278 g/mol. The first-order chi connectivity index (χ1) is 9.20. The predicted molar refractivity (Wildman–Crippen MR) is 75.0 cm³/mol.